The van der Waals surface area contributed by atoms with Crippen LogP contribution in [0.15, 0.2) is 24.3 Å². The summed E-state index contributed by atoms with van der Waals surface area (Å²) in [6.07, 6.45) is 0. The summed E-state index contributed by atoms with van der Waals surface area (Å²) >= 11 is 6.13. The molecule has 0 aliphatic carbocycles. The maximum Gasteiger partial charge on any atom is 0.225 e. The number of amides is 1. The van der Waals surface area contributed by atoms with Gasteiger partial charge in [-0.05, 0) is 17.7 Å². The molecule has 0 saturated carbocycles. The number of carbonyl (C=O) groups is 1. The summed E-state index contributed by atoms with van der Waals surface area (Å²) in [5, 5.41) is 6.95. The van der Waals surface area contributed by atoms with Gasteiger partial charge in [-0.3, -0.25) is 9.69 Å². The zero-order valence-corrected chi connectivity index (χ0v) is 14.5. The molecule has 2 saturated heterocycles. The van der Waals surface area contributed by atoms with Crippen LogP contribution in [0.1, 0.15) is 11.6 Å². The summed E-state index contributed by atoms with van der Waals surface area (Å²) in [5.41, 5.74) is 1.14. The molecule has 1 atom stereocenters. The maximum absolute atomic E-state index is 12.1. The van der Waals surface area contributed by atoms with Crippen LogP contribution in [0, 0.1) is 5.92 Å². The predicted molar refractivity (Wildman–Crippen MR) is 93.2 cm³/mol. The molecule has 1 unspecified atom stereocenters. The molecule has 23 heavy (non-hydrogen) atoms. The number of rotatable bonds is 5. The van der Waals surface area contributed by atoms with Crippen molar-refractivity contribution in [3.05, 3.63) is 34.9 Å². The van der Waals surface area contributed by atoms with Gasteiger partial charge < -0.3 is 15.4 Å². The van der Waals surface area contributed by atoms with Gasteiger partial charge in [0.05, 0.1) is 25.2 Å². The van der Waals surface area contributed by atoms with Crippen LogP contribution >= 0.6 is 24.0 Å². The van der Waals surface area contributed by atoms with Crippen LogP contribution in [-0.4, -0.2) is 56.7 Å². The van der Waals surface area contributed by atoms with E-state index in [1.54, 1.807) is 0 Å². The number of halogens is 2. The standard InChI is InChI=1S/C16H22ClN3O2.ClH/c17-14-3-1-2-12(8-14)15(20-4-6-22-7-5-20)11-19-16(21)13-9-18-10-13;/h1-3,8,13,15,18H,4-7,9-11H2,(H,19,21);1H. The van der Waals surface area contributed by atoms with Gasteiger partial charge in [0, 0.05) is 37.7 Å². The van der Waals surface area contributed by atoms with E-state index < -0.39 is 0 Å². The minimum Gasteiger partial charge on any atom is -0.379 e. The van der Waals surface area contributed by atoms with E-state index in [2.05, 4.69) is 21.6 Å². The quantitative estimate of drug-likeness (QED) is 0.835. The largest absolute Gasteiger partial charge is 0.379 e. The fourth-order valence-corrected chi connectivity index (χ4v) is 3.08. The van der Waals surface area contributed by atoms with Gasteiger partial charge in [0.15, 0.2) is 0 Å². The Balaban J connectivity index is 0.00000192. The van der Waals surface area contributed by atoms with Crippen molar-refractivity contribution in [2.75, 3.05) is 45.9 Å². The molecule has 128 valence electrons. The fraction of sp³-hybridized carbons (Fsp3) is 0.562. The van der Waals surface area contributed by atoms with Gasteiger partial charge in [0.1, 0.15) is 0 Å². The second kappa shape index (κ2) is 8.85. The number of hydrogen-bond acceptors (Lipinski definition) is 4. The molecule has 3 rings (SSSR count). The molecule has 7 heteroatoms. The third kappa shape index (κ3) is 4.81. The van der Waals surface area contributed by atoms with Crippen LogP contribution in [-0.2, 0) is 9.53 Å². The van der Waals surface area contributed by atoms with Crippen molar-refractivity contribution in [3.8, 4) is 0 Å². The van der Waals surface area contributed by atoms with E-state index in [1.165, 1.54) is 0 Å². The summed E-state index contributed by atoms with van der Waals surface area (Å²) in [6.45, 7) is 5.39. The summed E-state index contributed by atoms with van der Waals surface area (Å²) < 4.78 is 5.44. The first-order valence-electron chi connectivity index (χ1n) is 7.80. The number of nitrogens with zero attached hydrogens (tertiary/aromatic N) is 1. The molecule has 0 radical (unpaired) electrons. The molecule has 0 bridgehead atoms. The second-order valence-corrected chi connectivity index (χ2v) is 6.26. The van der Waals surface area contributed by atoms with Gasteiger partial charge in [-0.1, -0.05) is 23.7 Å². The van der Waals surface area contributed by atoms with Crippen molar-refractivity contribution in [1.29, 1.82) is 0 Å². The topological polar surface area (TPSA) is 53.6 Å². The molecule has 2 N–H and O–H groups in total. The summed E-state index contributed by atoms with van der Waals surface area (Å²) in [5.74, 6) is 0.253. The number of carbonyl (C=O) groups excluding carboxylic acids is 1. The number of morpholine rings is 1. The Morgan fingerprint density at radius 2 is 2.13 bits per heavy atom. The molecule has 1 aromatic carbocycles. The summed E-state index contributed by atoms with van der Waals surface area (Å²) in [7, 11) is 0. The van der Waals surface area contributed by atoms with Crippen LogP contribution in [0.2, 0.25) is 5.02 Å². The van der Waals surface area contributed by atoms with Gasteiger partial charge in [-0.2, -0.15) is 0 Å². The van der Waals surface area contributed by atoms with E-state index in [9.17, 15) is 4.79 Å². The highest BCUT2D eigenvalue weighted by Crippen LogP contribution is 2.24. The van der Waals surface area contributed by atoms with Crippen LogP contribution in [0.3, 0.4) is 0 Å². The molecule has 0 spiro atoms. The van der Waals surface area contributed by atoms with E-state index >= 15 is 0 Å². The van der Waals surface area contributed by atoms with Crippen molar-refractivity contribution in [2.24, 2.45) is 5.92 Å². The SMILES string of the molecule is Cl.O=C(NCC(c1cccc(Cl)c1)N1CCOCC1)C1CNC1. The molecule has 2 aliphatic heterocycles. The molecular formula is C16H23Cl2N3O2. The summed E-state index contributed by atoms with van der Waals surface area (Å²) in [4.78, 5) is 14.4. The normalized spacial score (nSPS) is 20.2. The Labute approximate surface area is 148 Å². The second-order valence-electron chi connectivity index (χ2n) is 5.82. The highest BCUT2D eigenvalue weighted by molar-refractivity contribution is 6.30. The van der Waals surface area contributed by atoms with E-state index in [0.717, 1.165) is 50.0 Å². The zero-order valence-electron chi connectivity index (χ0n) is 13.0. The lowest BCUT2D eigenvalue weighted by Crippen LogP contribution is -2.52. The van der Waals surface area contributed by atoms with Crippen LogP contribution < -0.4 is 10.6 Å². The molecule has 2 aliphatic rings. The minimum atomic E-state index is 0. The monoisotopic (exact) mass is 359 g/mol. The first-order chi connectivity index (χ1) is 10.7. The van der Waals surface area contributed by atoms with E-state index in [-0.39, 0.29) is 30.3 Å². The molecule has 2 heterocycles. The number of benzene rings is 1. The average molecular weight is 360 g/mol. The molecule has 1 aromatic rings. The van der Waals surface area contributed by atoms with Crippen molar-refractivity contribution in [1.82, 2.24) is 15.5 Å². The highest BCUT2D eigenvalue weighted by Gasteiger charge is 2.27. The minimum absolute atomic E-state index is 0. The van der Waals surface area contributed by atoms with Crippen molar-refractivity contribution in [2.45, 2.75) is 6.04 Å². The number of ether oxygens (including phenoxy) is 1. The van der Waals surface area contributed by atoms with E-state index in [0.29, 0.717) is 6.54 Å². The Hall–Kier alpha value is -0.850. The molecule has 0 aromatic heterocycles. The van der Waals surface area contributed by atoms with Gasteiger partial charge in [0.25, 0.3) is 0 Å². The first kappa shape index (κ1) is 18.5. The third-order valence-electron chi connectivity index (χ3n) is 4.34. The molecular weight excluding hydrogens is 337 g/mol. The van der Waals surface area contributed by atoms with Crippen molar-refractivity contribution >= 4 is 29.9 Å². The van der Waals surface area contributed by atoms with Gasteiger partial charge >= 0.3 is 0 Å². The first-order valence-corrected chi connectivity index (χ1v) is 8.17. The fourth-order valence-electron chi connectivity index (χ4n) is 2.88. The smallest absolute Gasteiger partial charge is 0.225 e. The van der Waals surface area contributed by atoms with E-state index in [4.69, 9.17) is 16.3 Å². The van der Waals surface area contributed by atoms with Gasteiger partial charge in [-0.25, -0.2) is 0 Å². The maximum atomic E-state index is 12.1. The number of hydrogen-bond donors (Lipinski definition) is 2. The highest BCUT2D eigenvalue weighted by atomic mass is 35.5. The lowest BCUT2D eigenvalue weighted by atomic mass is 10.0. The molecule has 1 amide bonds. The van der Waals surface area contributed by atoms with Crippen molar-refractivity contribution in [3.63, 3.8) is 0 Å². The molecule has 5 nitrogen and oxygen atoms in total. The third-order valence-corrected chi connectivity index (χ3v) is 4.58. The van der Waals surface area contributed by atoms with Crippen molar-refractivity contribution < 1.29 is 9.53 Å². The van der Waals surface area contributed by atoms with Crippen LogP contribution in [0.4, 0.5) is 0 Å². The Morgan fingerprint density at radius 1 is 1.39 bits per heavy atom. The Kier molecular flexibility index (Phi) is 7.11. The zero-order chi connectivity index (χ0) is 15.4. The van der Waals surface area contributed by atoms with Crippen LogP contribution in [0.25, 0.3) is 0 Å². The van der Waals surface area contributed by atoms with Gasteiger partial charge in [-0.15, -0.1) is 12.4 Å². The summed E-state index contributed by atoms with van der Waals surface area (Å²) in [6, 6.07) is 8.03. The lowest BCUT2D eigenvalue weighted by Gasteiger charge is -2.35. The van der Waals surface area contributed by atoms with Gasteiger partial charge in [0.2, 0.25) is 5.91 Å². The van der Waals surface area contributed by atoms with E-state index in [1.807, 2.05) is 18.2 Å². The predicted octanol–water partition coefficient (Wildman–Crippen LogP) is 1.47. The van der Waals surface area contributed by atoms with Crippen LogP contribution in [0.5, 0.6) is 0 Å². The Morgan fingerprint density at radius 3 is 2.74 bits per heavy atom. The lowest BCUT2D eigenvalue weighted by molar-refractivity contribution is -0.126. The average Bonchev–Trinajstić information content (AvgIpc) is 2.47. The number of nitrogens with one attached hydrogen (secondary N) is 2. The molecule has 2 fully saturated rings. The Bertz CT molecular complexity index is 520.